The average molecular weight is 435 g/mol. The summed E-state index contributed by atoms with van der Waals surface area (Å²) >= 11 is 0. The topological polar surface area (TPSA) is 121 Å². The Morgan fingerprint density at radius 3 is 2.29 bits per heavy atom. The van der Waals surface area contributed by atoms with Gasteiger partial charge in [0.2, 0.25) is 0 Å². The Morgan fingerprint density at radius 2 is 1.55 bits per heavy atom. The van der Waals surface area contributed by atoms with Gasteiger partial charge in [-0.05, 0) is 55.5 Å². The van der Waals surface area contributed by atoms with Crippen molar-refractivity contribution in [2.45, 2.75) is 11.8 Å². The standard InChI is InChI=1S/C22H17N3O5S/c1-13-5-8-17(9-6-13)31(29,30)25-16-4-2-3-14(11-16)20(26)23-15-7-10-18-19(12-15)22(28)24-21(18)27/h2-12,25H,1H3,(H,23,26)(H,24,27,28). The van der Waals surface area contributed by atoms with E-state index in [0.717, 1.165) is 5.56 Å². The molecule has 31 heavy (non-hydrogen) atoms. The van der Waals surface area contributed by atoms with Crippen LogP contribution in [0.5, 0.6) is 0 Å². The Balaban J connectivity index is 1.52. The zero-order valence-electron chi connectivity index (χ0n) is 16.3. The van der Waals surface area contributed by atoms with E-state index in [-0.39, 0.29) is 27.3 Å². The van der Waals surface area contributed by atoms with E-state index in [1.165, 1.54) is 48.5 Å². The SMILES string of the molecule is Cc1ccc(S(=O)(=O)Nc2cccc(C(=O)Nc3ccc4c(c3)C(=O)NC4=O)c2)cc1. The van der Waals surface area contributed by atoms with Crippen LogP contribution < -0.4 is 15.4 Å². The summed E-state index contributed by atoms with van der Waals surface area (Å²) in [5.74, 6) is -1.50. The first kappa shape index (κ1) is 20.3. The Labute approximate surface area is 178 Å². The van der Waals surface area contributed by atoms with Crippen LogP contribution in [0.3, 0.4) is 0 Å². The number of amides is 3. The van der Waals surface area contributed by atoms with Crippen molar-refractivity contribution >= 4 is 39.1 Å². The highest BCUT2D eigenvalue weighted by Crippen LogP contribution is 2.22. The second-order valence-electron chi connectivity index (χ2n) is 7.00. The van der Waals surface area contributed by atoms with Gasteiger partial charge < -0.3 is 5.32 Å². The Morgan fingerprint density at radius 1 is 0.839 bits per heavy atom. The molecule has 156 valence electrons. The molecule has 0 saturated heterocycles. The van der Waals surface area contributed by atoms with E-state index in [4.69, 9.17) is 0 Å². The Bertz CT molecular complexity index is 1330. The van der Waals surface area contributed by atoms with Crippen LogP contribution in [0.2, 0.25) is 0 Å². The number of sulfonamides is 1. The number of hydrogen-bond donors (Lipinski definition) is 3. The van der Waals surface area contributed by atoms with Gasteiger partial charge in [0.25, 0.3) is 27.7 Å². The number of benzene rings is 3. The summed E-state index contributed by atoms with van der Waals surface area (Å²) in [5.41, 5.74) is 2.14. The van der Waals surface area contributed by atoms with Crippen LogP contribution in [0.15, 0.2) is 71.6 Å². The third-order valence-electron chi connectivity index (χ3n) is 4.70. The lowest BCUT2D eigenvalue weighted by Gasteiger charge is -2.10. The van der Waals surface area contributed by atoms with Crippen LogP contribution in [0.1, 0.15) is 36.6 Å². The molecule has 8 nitrogen and oxygen atoms in total. The summed E-state index contributed by atoms with van der Waals surface area (Å²) in [5, 5.41) is 4.83. The van der Waals surface area contributed by atoms with Crippen LogP contribution >= 0.6 is 0 Å². The number of rotatable bonds is 5. The first-order chi connectivity index (χ1) is 14.7. The Kier molecular flexibility index (Phi) is 5.04. The predicted molar refractivity (Wildman–Crippen MR) is 115 cm³/mol. The molecule has 4 rings (SSSR count). The van der Waals surface area contributed by atoms with Crippen molar-refractivity contribution in [3.05, 3.63) is 89.0 Å². The van der Waals surface area contributed by atoms with Crippen molar-refractivity contribution in [2.75, 3.05) is 10.0 Å². The number of carbonyl (C=O) groups excluding carboxylic acids is 3. The normalized spacial score (nSPS) is 12.8. The van der Waals surface area contributed by atoms with E-state index in [1.54, 1.807) is 18.2 Å². The number of nitrogens with one attached hydrogen (secondary N) is 3. The summed E-state index contributed by atoms with van der Waals surface area (Å²) in [7, 11) is -3.81. The molecule has 3 amide bonds. The van der Waals surface area contributed by atoms with E-state index < -0.39 is 27.7 Å². The minimum absolute atomic E-state index is 0.110. The molecule has 0 aromatic heterocycles. The molecule has 0 fully saturated rings. The molecule has 0 radical (unpaired) electrons. The maximum absolute atomic E-state index is 12.6. The first-order valence-electron chi connectivity index (χ1n) is 9.23. The van der Waals surface area contributed by atoms with Crippen LogP contribution in [-0.4, -0.2) is 26.1 Å². The highest BCUT2D eigenvalue weighted by Gasteiger charge is 2.26. The van der Waals surface area contributed by atoms with Gasteiger partial charge in [-0.2, -0.15) is 0 Å². The van der Waals surface area contributed by atoms with Crippen molar-refractivity contribution in [1.29, 1.82) is 0 Å². The van der Waals surface area contributed by atoms with Gasteiger partial charge in [-0.15, -0.1) is 0 Å². The van der Waals surface area contributed by atoms with Crippen molar-refractivity contribution in [3.8, 4) is 0 Å². The van der Waals surface area contributed by atoms with Gasteiger partial charge in [0.1, 0.15) is 0 Å². The number of imide groups is 1. The third-order valence-corrected chi connectivity index (χ3v) is 6.10. The molecule has 3 aromatic rings. The van der Waals surface area contributed by atoms with Crippen LogP contribution in [0, 0.1) is 6.92 Å². The zero-order valence-corrected chi connectivity index (χ0v) is 17.1. The van der Waals surface area contributed by atoms with Crippen molar-refractivity contribution < 1.29 is 22.8 Å². The first-order valence-corrected chi connectivity index (χ1v) is 10.7. The zero-order chi connectivity index (χ0) is 22.2. The van der Waals surface area contributed by atoms with Gasteiger partial charge in [0.15, 0.2) is 0 Å². The minimum Gasteiger partial charge on any atom is -0.322 e. The second-order valence-corrected chi connectivity index (χ2v) is 8.68. The van der Waals surface area contributed by atoms with E-state index in [2.05, 4.69) is 15.4 Å². The third kappa shape index (κ3) is 4.17. The van der Waals surface area contributed by atoms with Crippen LogP contribution in [0.4, 0.5) is 11.4 Å². The highest BCUT2D eigenvalue weighted by atomic mass is 32.2. The van der Waals surface area contributed by atoms with Crippen molar-refractivity contribution in [1.82, 2.24) is 5.32 Å². The monoisotopic (exact) mass is 435 g/mol. The summed E-state index contributed by atoms with van der Waals surface area (Å²) in [6.07, 6.45) is 0. The summed E-state index contributed by atoms with van der Waals surface area (Å²) in [4.78, 5) is 36.2. The number of hydrogen-bond acceptors (Lipinski definition) is 5. The summed E-state index contributed by atoms with van der Waals surface area (Å²) in [6, 6.07) is 16.8. The minimum atomic E-state index is -3.81. The average Bonchev–Trinajstić information content (AvgIpc) is 3.01. The second kappa shape index (κ2) is 7.69. The molecule has 3 N–H and O–H groups in total. The molecule has 9 heteroatoms. The fraction of sp³-hybridized carbons (Fsp3) is 0.0455. The molecule has 1 heterocycles. The van der Waals surface area contributed by atoms with Gasteiger partial charge in [0.05, 0.1) is 16.0 Å². The number of carbonyl (C=O) groups is 3. The number of aryl methyl sites for hydroxylation is 1. The lowest BCUT2D eigenvalue weighted by atomic mass is 10.1. The molecular weight excluding hydrogens is 418 g/mol. The molecule has 3 aromatic carbocycles. The molecule has 0 unspecified atom stereocenters. The summed E-state index contributed by atoms with van der Waals surface area (Å²) in [6.45, 7) is 1.86. The highest BCUT2D eigenvalue weighted by molar-refractivity contribution is 7.92. The van der Waals surface area contributed by atoms with Crippen molar-refractivity contribution in [3.63, 3.8) is 0 Å². The van der Waals surface area contributed by atoms with E-state index in [0.29, 0.717) is 5.69 Å². The van der Waals surface area contributed by atoms with Gasteiger partial charge in [-0.25, -0.2) is 8.42 Å². The quantitative estimate of drug-likeness (QED) is 0.532. The van der Waals surface area contributed by atoms with E-state index in [1.807, 2.05) is 6.92 Å². The van der Waals surface area contributed by atoms with Gasteiger partial charge >= 0.3 is 0 Å². The number of fused-ring (bicyclic) bond motifs is 1. The van der Waals surface area contributed by atoms with Gasteiger partial charge in [0, 0.05) is 16.9 Å². The molecule has 0 saturated carbocycles. The number of anilines is 2. The summed E-state index contributed by atoms with van der Waals surface area (Å²) < 4.78 is 27.6. The largest absolute Gasteiger partial charge is 0.322 e. The molecule has 0 bridgehead atoms. The molecule has 0 aliphatic carbocycles. The molecule has 1 aliphatic rings. The fourth-order valence-corrected chi connectivity index (χ4v) is 4.15. The maximum atomic E-state index is 12.6. The van der Waals surface area contributed by atoms with Crippen molar-refractivity contribution in [2.24, 2.45) is 0 Å². The smallest absolute Gasteiger partial charge is 0.261 e. The van der Waals surface area contributed by atoms with Gasteiger partial charge in [-0.3, -0.25) is 24.4 Å². The van der Waals surface area contributed by atoms with Gasteiger partial charge in [-0.1, -0.05) is 23.8 Å². The molecular formula is C22H17N3O5S. The maximum Gasteiger partial charge on any atom is 0.261 e. The van der Waals surface area contributed by atoms with Crippen LogP contribution in [0.25, 0.3) is 0 Å². The lowest BCUT2D eigenvalue weighted by Crippen LogP contribution is -2.19. The predicted octanol–water partition coefficient (Wildman–Crippen LogP) is 2.93. The molecule has 0 spiro atoms. The lowest BCUT2D eigenvalue weighted by molar-refractivity contribution is 0.0878. The van der Waals surface area contributed by atoms with Crippen LogP contribution in [-0.2, 0) is 10.0 Å². The van der Waals surface area contributed by atoms with E-state index >= 15 is 0 Å². The Hall–Kier alpha value is -3.98. The molecule has 0 atom stereocenters. The van der Waals surface area contributed by atoms with E-state index in [9.17, 15) is 22.8 Å². The fourth-order valence-electron chi connectivity index (χ4n) is 3.10. The molecule has 1 aliphatic heterocycles.